The van der Waals surface area contributed by atoms with Crippen LogP contribution in [0.2, 0.25) is 0 Å². The summed E-state index contributed by atoms with van der Waals surface area (Å²) in [6.07, 6.45) is -0.192. The van der Waals surface area contributed by atoms with Gasteiger partial charge >= 0.3 is 0 Å². The predicted octanol–water partition coefficient (Wildman–Crippen LogP) is 2.76. The number of amides is 2. The average Bonchev–Trinajstić information content (AvgIpc) is 3.29. The molecule has 1 unspecified atom stereocenters. The van der Waals surface area contributed by atoms with Gasteiger partial charge in [-0.3, -0.25) is 9.59 Å². The Balaban J connectivity index is 1.85. The summed E-state index contributed by atoms with van der Waals surface area (Å²) >= 11 is 1.44. The summed E-state index contributed by atoms with van der Waals surface area (Å²) < 4.78 is 38.6. The Morgan fingerprint density at radius 1 is 1.21 bits per heavy atom. The number of ether oxygens (including phenoxy) is 2. The summed E-state index contributed by atoms with van der Waals surface area (Å²) in [5.74, 6) is -0.258. The molecule has 1 atom stereocenters. The number of thiophene rings is 1. The zero-order valence-corrected chi connectivity index (χ0v) is 20.5. The van der Waals surface area contributed by atoms with E-state index < -0.39 is 16.1 Å². The Labute approximate surface area is 198 Å². The van der Waals surface area contributed by atoms with Crippen LogP contribution in [0.3, 0.4) is 0 Å². The summed E-state index contributed by atoms with van der Waals surface area (Å²) in [7, 11) is -3.75. The van der Waals surface area contributed by atoms with Crippen molar-refractivity contribution in [3.05, 3.63) is 40.6 Å². The molecule has 2 amide bonds. The highest BCUT2D eigenvalue weighted by Gasteiger charge is 2.28. The van der Waals surface area contributed by atoms with Gasteiger partial charge in [0, 0.05) is 24.9 Å². The van der Waals surface area contributed by atoms with Crippen LogP contribution >= 0.6 is 11.3 Å². The molecule has 0 radical (unpaired) electrons. The molecule has 1 saturated heterocycles. The monoisotopic (exact) mass is 495 g/mol. The Hall–Kier alpha value is -2.47. The maximum Gasteiger partial charge on any atom is 0.243 e. The van der Waals surface area contributed by atoms with E-state index in [0.717, 1.165) is 4.88 Å². The predicted molar refractivity (Wildman–Crippen MR) is 126 cm³/mol. The maximum absolute atomic E-state index is 13.1. The molecule has 2 N–H and O–H groups in total. The minimum atomic E-state index is -3.75. The number of anilines is 1. The van der Waals surface area contributed by atoms with Gasteiger partial charge in [0.1, 0.15) is 5.75 Å². The van der Waals surface area contributed by atoms with Crippen molar-refractivity contribution in [2.75, 3.05) is 31.6 Å². The van der Waals surface area contributed by atoms with Gasteiger partial charge in [-0.25, -0.2) is 8.42 Å². The lowest BCUT2D eigenvalue weighted by molar-refractivity contribution is -0.120. The van der Waals surface area contributed by atoms with Gasteiger partial charge in [-0.1, -0.05) is 6.07 Å². The van der Waals surface area contributed by atoms with Crippen LogP contribution in [-0.4, -0.2) is 56.9 Å². The molecule has 2 heterocycles. The molecular weight excluding hydrogens is 466 g/mol. The van der Waals surface area contributed by atoms with E-state index in [4.69, 9.17) is 9.47 Å². The van der Waals surface area contributed by atoms with Crippen molar-refractivity contribution >= 4 is 38.9 Å². The van der Waals surface area contributed by atoms with Crippen LogP contribution < -0.4 is 15.4 Å². The van der Waals surface area contributed by atoms with Crippen molar-refractivity contribution in [2.45, 2.75) is 44.2 Å². The number of rotatable bonds is 9. The minimum absolute atomic E-state index is 0.0122. The Bertz CT molecular complexity index is 1060. The van der Waals surface area contributed by atoms with Crippen molar-refractivity contribution in [3.8, 4) is 5.75 Å². The highest BCUT2D eigenvalue weighted by molar-refractivity contribution is 7.89. The average molecular weight is 496 g/mol. The second-order valence-corrected chi connectivity index (χ2v) is 10.8. The molecule has 0 spiro atoms. The fraction of sp³-hybridized carbons (Fsp3) is 0.455. The lowest BCUT2D eigenvalue weighted by Crippen LogP contribution is -2.40. The van der Waals surface area contributed by atoms with Gasteiger partial charge in [0.2, 0.25) is 21.8 Å². The number of benzene rings is 1. The van der Waals surface area contributed by atoms with Crippen LogP contribution in [0.1, 0.15) is 38.1 Å². The van der Waals surface area contributed by atoms with E-state index in [1.54, 1.807) is 6.07 Å². The summed E-state index contributed by atoms with van der Waals surface area (Å²) in [4.78, 5) is 25.5. The maximum atomic E-state index is 13.1. The largest absolute Gasteiger partial charge is 0.489 e. The molecule has 2 aromatic rings. The van der Waals surface area contributed by atoms with Crippen molar-refractivity contribution in [1.29, 1.82) is 0 Å². The SMILES string of the molecule is CC(=O)NC(CC(=O)Nc1cc(S(=O)(=O)N2CCOCC2)ccc1OC(C)C)c1cccs1. The van der Waals surface area contributed by atoms with E-state index in [9.17, 15) is 18.0 Å². The van der Waals surface area contributed by atoms with Gasteiger partial charge in [0.15, 0.2) is 0 Å². The Morgan fingerprint density at radius 3 is 2.55 bits per heavy atom. The standard InChI is InChI=1S/C22H29N3O6S2/c1-15(2)31-20-7-6-17(33(28,29)25-8-10-30-11-9-25)13-18(20)24-22(27)14-19(23-16(3)26)21-5-4-12-32-21/h4-7,12-13,15,19H,8-11,14H2,1-3H3,(H,23,26)(H,24,27). The summed E-state index contributed by atoms with van der Waals surface area (Å²) in [6.45, 7) is 6.30. The number of nitrogens with one attached hydrogen (secondary N) is 2. The molecule has 0 bridgehead atoms. The van der Waals surface area contributed by atoms with Gasteiger partial charge in [0.05, 0.1) is 42.4 Å². The number of sulfonamides is 1. The first-order valence-corrected chi connectivity index (χ1v) is 13.0. The fourth-order valence-electron chi connectivity index (χ4n) is 3.40. The molecule has 1 aliphatic rings. The lowest BCUT2D eigenvalue weighted by atomic mass is 10.1. The number of nitrogens with zero attached hydrogens (tertiary/aromatic N) is 1. The number of carbonyl (C=O) groups excluding carboxylic acids is 2. The van der Waals surface area contributed by atoms with Crippen LogP contribution in [-0.2, 0) is 24.3 Å². The van der Waals surface area contributed by atoms with Crippen LogP contribution in [0.5, 0.6) is 5.75 Å². The molecule has 1 aromatic heterocycles. The van der Waals surface area contributed by atoms with E-state index in [1.165, 1.54) is 34.7 Å². The minimum Gasteiger partial charge on any atom is -0.489 e. The quantitative estimate of drug-likeness (QED) is 0.553. The van der Waals surface area contributed by atoms with Crippen LogP contribution in [0.4, 0.5) is 5.69 Å². The third-order valence-electron chi connectivity index (χ3n) is 4.85. The van der Waals surface area contributed by atoms with E-state index in [0.29, 0.717) is 19.0 Å². The van der Waals surface area contributed by atoms with Gasteiger partial charge in [-0.2, -0.15) is 4.31 Å². The third-order valence-corrected chi connectivity index (χ3v) is 7.73. The first-order valence-electron chi connectivity index (χ1n) is 10.7. The number of carbonyl (C=O) groups is 2. The summed E-state index contributed by atoms with van der Waals surface area (Å²) in [6, 6.07) is 7.65. The molecule has 0 aliphatic carbocycles. The molecule has 180 valence electrons. The smallest absolute Gasteiger partial charge is 0.243 e. The van der Waals surface area contributed by atoms with E-state index in [2.05, 4.69) is 10.6 Å². The zero-order chi connectivity index (χ0) is 24.0. The van der Waals surface area contributed by atoms with Gasteiger partial charge in [-0.15, -0.1) is 11.3 Å². The third kappa shape index (κ3) is 6.76. The second-order valence-electron chi connectivity index (χ2n) is 7.86. The van der Waals surface area contributed by atoms with E-state index in [1.807, 2.05) is 31.4 Å². The molecule has 1 aliphatic heterocycles. The van der Waals surface area contributed by atoms with Crippen molar-refractivity contribution in [3.63, 3.8) is 0 Å². The van der Waals surface area contributed by atoms with Crippen LogP contribution in [0.25, 0.3) is 0 Å². The molecular formula is C22H29N3O6S2. The molecule has 1 fully saturated rings. The van der Waals surface area contributed by atoms with Gasteiger partial charge < -0.3 is 20.1 Å². The molecule has 1 aromatic carbocycles. The zero-order valence-electron chi connectivity index (χ0n) is 18.9. The highest BCUT2D eigenvalue weighted by Crippen LogP contribution is 2.31. The number of morpholine rings is 1. The van der Waals surface area contributed by atoms with E-state index >= 15 is 0 Å². The van der Waals surface area contributed by atoms with Crippen LogP contribution in [0, 0.1) is 0 Å². The second kappa shape index (κ2) is 11.1. The highest BCUT2D eigenvalue weighted by atomic mass is 32.2. The number of hydrogen-bond donors (Lipinski definition) is 2. The van der Waals surface area contributed by atoms with Crippen molar-refractivity contribution in [2.24, 2.45) is 0 Å². The van der Waals surface area contributed by atoms with Crippen molar-refractivity contribution < 1.29 is 27.5 Å². The fourth-order valence-corrected chi connectivity index (χ4v) is 5.62. The first kappa shape index (κ1) is 25.2. The topological polar surface area (TPSA) is 114 Å². The first-order chi connectivity index (χ1) is 15.7. The van der Waals surface area contributed by atoms with Gasteiger partial charge in [-0.05, 0) is 43.5 Å². The summed E-state index contributed by atoms with van der Waals surface area (Å²) in [5, 5.41) is 7.44. The molecule has 33 heavy (non-hydrogen) atoms. The molecule has 9 nitrogen and oxygen atoms in total. The van der Waals surface area contributed by atoms with E-state index in [-0.39, 0.29) is 48.0 Å². The van der Waals surface area contributed by atoms with Crippen LogP contribution in [0.15, 0.2) is 40.6 Å². The number of hydrogen-bond acceptors (Lipinski definition) is 7. The lowest BCUT2D eigenvalue weighted by Gasteiger charge is -2.26. The molecule has 11 heteroatoms. The van der Waals surface area contributed by atoms with Crippen molar-refractivity contribution in [1.82, 2.24) is 9.62 Å². The molecule has 3 rings (SSSR count). The summed E-state index contributed by atoms with van der Waals surface area (Å²) in [5.41, 5.74) is 0.260. The molecule has 0 saturated carbocycles. The Morgan fingerprint density at radius 2 is 1.94 bits per heavy atom. The Kier molecular flexibility index (Phi) is 8.46. The normalized spacial score (nSPS) is 15.8. The van der Waals surface area contributed by atoms with Gasteiger partial charge in [0.25, 0.3) is 0 Å².